The predicted molar refractivity (Wildman–Crippen MR) is 93.8 cm³/mol. The Kier molecular flexibility index (Phi) is 5.34. The Hall–Kier alpha value is -2.40. The summed E-state index contributed by atoms with van der Waals surface area (Å²) in [5.41, 5.74) is 1.25. The molecule has 1 atom stereocenters. The molecule has 2 aromatic rings. The van der Waals surface area contributed by atoms with Gasteiger partial charge in [-0.3, -0.25) is 9.59 Å². The molecule has 0 unspecified atom stereocenters. The summed E-state index contributed by atoms with van der Waals surface area (Å²) in [6, 6.07) is 13.9. The fourth-order valence-corrected chi connectivity index (χ4v) is 3.22. The van der Waals surface area contributed by atoms with Crippen LogP contribution in [0.3, 0.4) is 0 Å². The maximum Gasteiger partial charge on any atom is 0.239 e. The molecular weight excluding hydrogens is 343 g/mol. The van der Waals surface area contributed by atoms with Crippen LogP contribution in [0.5, 0.6) is 0 Å². The monoisotopic (exact) mass is 360 g/mol. The third-order valence-electron chi connectivity index (χ3n) is 4.21. The largest absolute Gasteiger partial charge is 0.350 e. The van der Waals surface area contributed by atoms with Crippen molar-refractivity contribution in [3.05, 3.63) is 70.5 Å². The highest BCUT2D eigenvalue weighted by Gasteiger charge is 2.28. The van der Waals surface area contributed by atoms with E-state index >= 15 is 0 Å². The van der Waals surface area contributed by atoms with Gasteiger partial charge in [0.25, 0.3) is 0 Å². The Morgan fingerprint density at radius 3 is 2.68 bits per heavy atom. The first-order valence-electron chi connectivity index (χ1n) is 8.07. The minimum absolute atomic E-state index is 0.0177. The zero-order valence-electron chi connectivity index (χ0n) is 13.5. The molecule has 4 nitrogen and oxygen atoms in total. The van der Waals surface area contributed by atoms with Crippen molar-refractivity contribution in [1.29, 1.82) is 0 Å². The number of nitrogens with one attached hydrogen (secondary N) is 1. The number of benzene rings is 2. The molecule has 1 fully saturated rings. The molecule has 0 saturated carbocycles. The standard InChI is InChI=1S/C19H18ClFN2O2/c20-16-7-4-8-17(21)15(16)10-19(25)23-11-14(22-18(24)12-23)9-13-5-2-1-3-6-13/h1-8,14H,9-12H2,(H,22,24)/t14-/m0/s1. The van der Waals surface area contributed by atoms with Crippen LogP contribution in [-0.2, 0) is 22.4 Å². The van der Waals surface area contributed by atoms with Gasteiger partial charge in [-0.25, -0.2) is 4.39 Å². The summed E-state index contributed by atoms with van der Waals surface area (Å²) in [6.07, 6.45) is 0.480. The molecule has 2 amide bonds. The van der Waals surface area contributed by atoms with Gasteiger partial charge in [0.15, 0.2) is 0 Å². The lowest BCUT2D eigenvalue weighted by molar-refractivity contribution is -0.139. The van der Waals surface area contributed by atoms with Gasteiger partial charge in [0.1, 0.15) is 5.82 Å². The zero-order chi connectivity index (χ0) is 17.8. The smallest absolute Gasteiger partial charge is 0.239 e. The average molecular weight is 361 g/mol. The van der Waals surface area contributed by atoms with Crippen molar-refractivity contribution >= 4 is 23.4 Å². The normalized spacial score (nSPS) is 17.3. The Labute approximate surface area is 150 Å². The number of halogens is 2. The zero-order valence-corrected chi connectivity index (χ0v) is 14.3. The van der Waals surface area contributed by atoms with E-state index < -0.39 is 5.82 Å². The Morgan fingerprint density at radius 1 is 1.20 bits per heavy atom. The van der Waals surface area contributed by atoms with Gasteiger partial charge in [-0.2, -0.15) is 0 Å². The van der Waals surface area contributed by atoms with Crippen LogP contribution in [-0.4, -0.2) is 35.8 Å². The van der Waals surface area contributed by atoms with Crippen LogP contribution < -0.4 is 5.32 Å². The highest BCUT2D eigenvalue weighted by Crippen LogP contribution is 2.20. The molecule has 1 saturated heterocycles. The summed E-state index contributed by atoms with van der Waals surface area (Å²) < 4.78 is 13.9. The van der Waals surface area contributed by atoms with E-state index in [1.165, 1.54) is 17.0 Å². The van der Waals surface area contributed by atoms with Crippen molar-refractivity contribution in [2.75, 3.05) is 13.1 Å². The number of nitrogens with zero attached hydrogens (tertiary/aromatic N) is 1. The fourth-order valence-electron chi connectivity index (χ4n) is 2.99. The van der Waals surface area contributed by atoms with Crippen LogP contribution >= 0.6 is 11.6 Å². The second-order valence-electron chi connectivity index (χ2n) is 6.11. The van der Waals surface area contributed by atoms with Crippen LogP contribution in [0.1, 0.15) is 11.1 Å². The number of amides is 2. The van der Waals surface area contributed by atoms with Crippen LogP contribution in [0.4, 0.5) is 4.39 Å². The van der Waals surface area contributed by atoms with Crippen molar-refractivity contribution in [3.8, 4) is 0 Å². The molecule has 0 bridgehead atoms. The molecule has 1 N–H and O–H groups in total. The first-order chi connectivity index (χ1) is 12.0. The van der Waals surface area contributed by atoms with Crippen molar-refractivity contribution in [3.63, 3.8) is 0 Å². The highest BCUT2D eigenvalue weighted by atomic mass is 35.5. The quantitative estimate of drug-likeness (QED) is 0.911. The molecule has 1 aliphatic rings. The molecule has 2 aromatic carbocycles. The van der Waals surface area contributed by atoms with Crippen molar-refractivity contribution in [2.45, 2.75) is 18.9 Å². The first kappa shape index (κ1) is 17.4. The van der Waals surface area contributed by atoms with Gasteiger partial charge in [-0.1, -0.05) is 48.0 Å². The van der Waals surface area contributed by atoms with Gasteiger partial charge < -0.3 is 10.2 Å². The molecule has 0 aromatic heterocycles. The third kappa shape index (κ3) is 4.37. The van der Waals surface area contributed by atoms with Gasteiger partial charge in [0.2, 0.25) is 11.8 Å². The number of rotatable bonds is 4. The van der Waals surface area contributed by atoms with E-state index in [1.54, 1.807) is 6.07 Å². The Bertz CT molecular complexity index is 762. The number of carbonyl (C=O) groups is 2. The van der Waals surface area contributed by atoms with Crippen molar-refractivity contribution in [2.24, 2.45) is 0 Å². The topological polar surface area (TPSA) is 49.4 Å². The fraction of sp³-hybridized carbons (Fsp3) is 0.263. The van der Waals surface area contributed by atoms with E-state index in [0.717, 1.165) is 5.56 Å². The number of carbonyl (C=O) groups excluding carboxylic acids is 2. The number of piperazine rings is 1. The minimum Gasteiger partial charge on any atom is -0.350 e. The molecule has 25 heavy (non-hydrogen) atoms. The van der Waals surface area contributed by atoms with E-state index in [0.29, 0.717) is 13.0 Å². The molecule has 0 spiro atoms. The Morgan fingerprint density at radius 2 is 1.96 bits per heavy atom. The van der Waals surface area contributed by atoms with E-state index in [9.17, 15) is 14.0 Å². The van der Waals surface area contributed by atoms with Gasteiger partial charge in [0, 0.05) is 17.1 Å². The van der Waals surface area contributed by atoms with Gasteiger partial charge in [-0.05, 0) is 24.1 Å². The van der Waals surface area contributed by atoms with Gasteiger partial charge in [-0.15, -0.1) is 0 Å². The third-order valence-corrected chi connectivity index (χ3v) is 4.56. The molecular formula is C19H18ClFN2O2. The number of hydrogen-bond donors (Lipinski definition) is 1. The summed E-state index contributed by atoms with van der Waals surface area (Å²) in [7, 11) is 0. The van der Waals surface area contributed by atoms with Crippen molar-refractivity contribution < 1.29 is 14.0 Å². The van der Waals surface area contributed by atoms with E-state index in [1.807, 2.05) is 30.3 Å². The minimum atomic E-state index is -0.511. The molecule has 0 aliphatic carbocycles. The lowest BCUT2D eigenvalue weighted by Gasteiger charge is -2.33. The van der Waals surface area contributed by atoms with E-state index in [2.05, 4.69) is 5.32 Å². The summed E-state index contributed by atoms with van der Waals surface area (Å²) >= 11 is 5.99. The molecule has 3 rings (SSSR count). The maximum absolute atomic E-state index is 13.9. The molecule has 6 heteroatoms. The second kappa shape index (κ2) is 7.66. The molecule has 130 valence electrons. The molecule has 0 radical (unpaired) electrons. The molecule has 1 heterocycles. The van der Waals surface area contributed by atoms with Gasteiger partial charge >= 0.3 is 0 Å². The molecule has 1 aliphatic heterocycles. The van der Waals surface area contributed by atoms with E-state index in [4.69, 9.17) is 11.6 Å². The predicted octanol–water partition coefficient (Wildman–Crippen LogP) is 2.59. The SMILES string of the molecule is O=C1CN(C(=O)Cc2c(F)cccc2Cl)C[C@H](Cc2ccccc2)N1. The lowest BCUT2D eigenvalue weighted by atomic mass is 10.0. The summed E-state index contributed by atoms with van der Waals surface area (Å²) in [6.45, 7) is 0.377. The summed E-state index contributed by atoms with van der Waals surface area (Å²) in [4.78, 5) is 26.0. The number of hydrogen-bond acceptors (Lipinski definition) is 2. The van der Waals surface area contributed by atoms with Crippen LogP contribution in [0.15, 0.2) is 48.5 Å². The highest BCUT2D eigenvalue weighted by molar-refractivity contribution is 6.31. The van der Waals surface area contributed by atoms with Crippen molar-refractivity contribution in [1.82, 2.24) is 10.2 Å². The lowest BCUT2D eigenvalue weighted by Crippen LogP contribution is -2.56. The van der Waals surface area contributed by atoms with E-state index in [-0.39, 0.29) is 41.4 Å². The summed E-state index contributed by atoms with van der Waals surface area (Å²) in [5.74, 6) is -1.02. The van der Waals surface area contributed by atoms with Gasteiger partial charge in [0.05, 0.1) is 19.0 Å². The Balaban J connectivity index is 1.68. The maximum atomic E-state index is 13.9. The first-order valence-corrected chi connectivity index (χ1v) is 8.44. The second-order valence-corrected chi connectivity index (χ2v) is 6.51. The van der Waals surface area contributed by atoms with Crippen LogP contribution in [0.25, 0.3) is 0 Å². The average Bonchev–Trinajstić information content (AvgIpc) is 2.58. The van der Waals surface area contributed by atoms with Crippen LogP contribution in [0.2, 0.25) is 5.02 Å². The van der Waals surface area contributed by atoms with Crippen LogP contribution in [0, 0.1) is 5.82 Å². The summed E-state index contributed by atoms with van der Waals surface area (Å²) in [5, 5.41) is 3.12.